The highest BCUT2D eigenvalue weighted by atomic mass is 16.5. The number of aromatic nitrogens is 3. The maximum Gasteiger partial charge on any atom is 0.260 e. The lowest BCUT2D eigenvalue weighted by Crippen LogP contribution is -2.34. The second-order valence-corrected chi connectivity index (χ2v) is 7.84. The average molecular weight is 461 g/mol. The Morgan fingerprint density at radius 2 is 1.79 bits per heavy atom. The van der Waals surface area contributed by atoms with Crippen molar-refractivity contribution in [2.24, 2.45) is 0 Å². The lowest BCUT2D eigenvalue weighted by molar-refractivity contribution is -0.133. The number of hydrogen-bond donors (Lipinski definition) is 2. The molecule has 2 heterocycles. The van der Waals surface area contributed by atoms with Gasteiger partial charge in [0, 0.05) is 24.5 Å². The number of nitrogens with zero attached hydrogens (tertiary/aromatic N) is 4. The smallest absolute Gasteiger partial charge is 0.260 e. The first-order valence-corrected chi connectivity index (χ1v) is 11.3. The molecule has 0 spiro atoms. The van der Waals surface area contributed by atoms with E-state index in [1.165, 1.54) is 6.33 Å². The van der Waals surface area contributed by atoms with E-state index in [0.717, 1.165) is 5.56 Å². The molecule has 0 saturated carbocycles. The van der Waals surface area contributed by atoms with Crippen LogP contribution in [0.1, 0.15) is 32.4 Å². The molecule has 2 aromatic carbocycles. The van der Waals surface area contributed by atoms with Gasteiger partial charge < -0.3 is 20.3 Å². The molecule has 0 fully saturated rings. The Bertz CT molecular complexity index is 1180. The maximum atomic E-state index is 13.3. The van der Waals surface area contributed by atoms with Crippen LogP contribution >= 0.6 is 0 Å². The van der Waals surface area contributed by atoms with E-state index in [0.29, 0.717) is 41.7 Å². The maximum absolute atomic E-state index is 13.3. The van der Waals surface area contributed by atoms with E-state index >= 15 is 0 Å². The van der Waals surface area contributed by atoms with E-state index in [4.69, 9.17) is 4.74 Å². The molecule has 0 aliphatic carbocycles. The van der Waals surface area contributed by atoms with E-state index in [2.05, 4.69) is 20.7 Å². The predicted molar refractivity (Wildman–Crippen MR) is 129 cm³/mol. The summed E-state index contributed by atoms with van der Waals surface area (Å²) in [6.45, 7) is 7.00. The number of benzene rings is 2. The van der Waals surface area contributed by atoms with Gasteiger partial charge in [-0.05, 0) is 50.6 Å². The van der Waals surface area contributed by atoms with Gasteiger partial charge in [-0.1, -0.05) is 30.3 Å². The zero-order valence-corrected chi connectivity index (χ0v) is 19.5. The summed E-state index contributed by atoms with van der Waals surface area (Å²) in [5, 5.41) is 10.5. The molecule has 0 saturated heterocycles. The molecule has 1 unspecified atom stereocenters. The molecule has 9 nitrogen and oxygen atoms in total. The fourth-order valence-electron chi connectivity index (χ4n) is 3.97. The number of ether oxygens (including phenoxy) is 1. The number of fused-ring (bicyclic) bond motifs is 1. The molecule has 9 heteroatoms. The number of carbonyl (C=O) groups excluding carboxylic acids is 2. The van der Waals surface area contributed by atoms with Crippen molar-refractivity contribution >= 4 is 23.5 Å². The Balaban J connectivity index is 1.58. The van der Waals surface area contributed by atoms with Crippen molar-refractivity contribution in [2.75, 3.05) is 30.3 Å². The van der Waals surface area contributed by atoms with Gasteiger partial charge in [0.05, 0.1) is 5.57 Å². The average Bonchev–Trinajstić information content (AvgIpc) is 3.31. The van der Waals surface area contributed by atoms with E-state index in [1.807, 2.05) is 63.2 Å². The molecule has 1 aliphatic heterocycles. The largest absolute Gasteiger partial charge is 0.484 e. The number of hydrogen-bond acceptors (Lipinski definition) is 6. The van der Waals surface area contributed by atoms with Crippen LogP contribution in [-0.2, 0) is 9.59 Å². The topological polar surface area (TPSA) is 101 Å². The highest BCUT2D eigenvalue weighted by Gasteiger charge is 2.33. The molecule has 1 aliphatic rings. The Morgan fingerprint density at radius 3 is 2.47 bits per heavy atom. The summed E-state index contributed by atoms with van der Waals surface area (Å²) in [6, 6.07) is 16.2. The lowest BCUT2D eigenvalue weighted by Gasteiger charge is -2.28. The minimum Gasteiger partial charge on any atom is -0.484 e. The summed E-state index contributed by atoms with van der Waals surface area (Å²) in [5.74, 6) is 0.850. The molecule has 2 N–H and O–H groups in total. The second kappa shape index (κ2) is 10.2. The molecule has 2 amide bonds. The SMILES string of the molecule is CCN(CC)C(=O)COc1ccc(C2C(C(=O)Nc3ccccc3)=C(C)Nc3ncnn32)cc1. The molecule has 176 valence electrons. The van der Waals surface area contributed by atoms with E-state index in [1.54, 1.807) is 21.7 Å². The van der Waals surface area contributed by atoms with Crippen molar-refractivity contribution in [1.29, 1.82) is 0 Å². The summed E-state index contributed by atoms with van der Waals surface area (Å²) in [4.78, 5) is 31.5. The molecule has 34 heavy (non-hydrogen) atoms. The molecule has 0 radical (unpaired) electrons. The number of para-hydroxylation sites is 1. The van der Waals surface area contributed by atoms with Gasteiger partial charge in [0.15, 0.2) is 6.61 Å². The lowest BCUT2D eigenvalue weighted by atomic mass is 9.95. The third kappa shape index (κ3) is 4.78. The van der Waals surface area contributed by atoms with Gasteiger partial charge in [-0.25, -0.2) is 4.68 Å². The minimum absolute atomic E-state index is 0.0225. The molecule has 4 rings (SSSR count). The van der Waals surface area contributed by atoms with Crippen molar-refractivity contribution in [1.82, 2.24) is 19.7 Å². The van der Waals surface area contributed by atoms with Crippen LogP contribution in [0.3, 0.4) is 0 Å². The number of anilines is 2. The molecule has 0 bridgehead atoms. The van der Waals surface area contributed by atoms with Crippen LogP contribution in [-0.4, -0.2) is 51.2 Å². The normalized spacial score (nSPS) is 14.7. The van der Waals surface area contributed by atoms with Gasteiger partial charge in [-0.15, -0.1) is 0 Å². The summed E-state index contributed by atoms with van der Waals surface area (Å²) in [7, 11) is 0. The number of likely N-dealkylation sites (N-methyl/N-ethyl adjacent to an activating group) is 1. The van der Waals surface area contributed by atoms with Crippen LogP contribution < -0.4 is 15.4 Å². The van der Waals surface area contributed by atoms with Gasteiger partial charge >= 0.3 is 0 Å². The summed E-state index contributed by atoms with van der Waals surface area (Å²) in [5.41, 5.74) is 2.78. The Kier molecular flexibility index (Phi) is 6.91. The zero-order valence-electron chi connectivity index (χ0n) is 19.5. The Hall–Kier alpha value is -4.14. The van der Waals surface area contributed by atoms with Crippen molar-refractivity contribution in [3.8, 4) is 5.75 Å². The zero-order chi connectivity index (χ0) is 24.1. The fourth-order valence-corrected chi connectivity index (χ4v) is 3.97. The molecule has 1 atom stereocenters. The van der Waals surface area contributed by atoms with Crippen molar-refractivity contribution in [3.05, 3.63) is 77.8 Å². The van der Waals surface area contributed by atoms with Crippen molar-refractivity contribution in [2.45, 2.75) is 26.8 Å². The number of nitrogens with one attached hydrogen (secondary N) is 2. The Morgan fingerprint density at radius 1 is 1.09 bits per heavy atom. The Labute approximate surface area is 198 Å². The van der Waals surface area contributed by atoms with Crippen molar-refractivity contribution < 1.29 is 14.3 Å². The fraction of sp³-hybridized carbons (Fsp3) is 0.280. The molecule has 1 aromatic heterocycles. The van der Waals surface area contributed by atoms with Crippen LogP contribution in [0.4, 0.5) is 11.6 Å². The van der Waals surface area contributed by atoms with Crippen LogP contribution in [0.25, 0.3) is 0 Å². The van der Waals surface area contributed by atoms with Crippen LogP contribution in [0, 0.1) is 0 Å². The first-order chi connectivity index (χ1) is 16.5. The van der Waals surface area contributed by atoms with Crippen LogP contribution in [0.2, 0.25) is 0 Å². The number of allylic oxidation sites excluding steroid dienone is 1. The number of carbonyl (C=O) groups is 2. The second-order valence-electron chi connectivity index (χ2n) is 7.84. The monoisotopic (exact) mass is 460 g/mol. The van der Waals surface area contributed by atoms with Crippen LogP contribution in [0.5, 0.6) is 5.75 Å². The van der Waals surface area contributed by atoms with Gasteiger partial charge in [-0.2, -0.15) is 10.1 Å². The standard InChI is InChI=1S/C25H28N6O3/c1-4-30(5-2)21(32)15-34-20-13-11-18(12-14-20)23-22(17(3)28-25-26-16-27-31(23)25)24(33)29-19-9-7-6-8-10-19/h6-14,16,23H,4-5,15H2,1-3H3,(H,29,33)(H,26,27,28). The predicted octanol–water partition coefficient (Wildman–Crippen LogP) is 3.45. The van der Waals surface area contributed by atoms with Gasteiger partial charge in [0.25, 0.3) is 11.8 Å². The quantitative estimate of drug-likeness (QED) is 0.534. The summed E-state index contributed by atoms with van der Waals surface area (Å²) >= 11 is 0. The molecular weight excluding hydrogens is 432 g/mol. The third-order valence-electron chi connectivity index (χ3n) is 5.74. The van der Waals surface area contributed by atoms with Crippen LogP contribution in [0.15, 0.2) is 72.2 Å². The van der Waals surface area contributed by atoms with E-state index in [-0.39, 0.29) is 18.4 Å². The van der Waals surface area contributed by atoms with E-state index in [9.17, 15) is 9.59 Å². The van der Waals surface area contributed by atoms with E-state index < -0.39 is 6.04 Å². The third-order valence-corrected chi connectivity index (χ3v) is 5.74. The molecule has 3 aromatic rings. The number of amides is 2. The first kappa shape index (κ1) is 23.0. The van der Waals surface area contributed by atoms with Gasteiger partial charge in [0.1, 0.15) is 18.1 Å². The summed E-state index contributed by atoms with van der Waals surface area (Å²) in [6.07, 6.45) is 1.46. The summed E-state index contributed by atoms with van der Waals surface area (Å²) < 4.78 is 7.38. The molecular formula is C25H28N6O3. The number of rotatable bonds is 8. The van der Waals surface area contributed by atoms with Gasteiger partial charge in [0.2, 0.25) is 5.95 Å². The van der Waals surface area contributed by atoms with Crippen molar-refractivity contribution in [3.63, 3.8) is 0 Å². The highest BCUT2D eigenvalue weighted by molar-refractivity contribution is 6.06. The first-order valence-electron chi connectivity index (χ1n) is 11.3. The van der Waals surface area contributed by atoms with Gasteiger partial charge in [-0.3, -0.25) is 9.59 Å². The highest BCUT2D eigenvalue weighted by Crippen LogP contribution is 2.35. The minimum atomic E-state index is -0.478.